The van der Waals surface area contributed by atoms with Crippen molar-refractivity contribution in [3.05, 3.63) is 0 Å². The van der Waals surface area contributed by atoms with E-state index in [0.29, 0.717) is 0 Å². The van der Waals surface area contributed by atoms with Crippen molar-refractivity contribution in [2.24, 2.45) is 11.7 Å². The zero-order valence-electron chi connectivity index (χ0n) is 7.47. The lowest BCUT2D eigenvalue weighted by Crippen LogP contribution is -2.41. The molecule has 4 nitrogen and oxygen atoms in total. The summed E-state index contributed by atoms with van der Waals surface area (Å²) in [7, 11) is 1.88. The van der Waals surface area contributed by atoms with Gasteiger partial charge in [0.25, 0.3) is 0 Å². The molecule has 0 aromatic rings. The van der Waals surface area contributed by atoms with Gasteiger partial charge in [0.2, 0.25) is 5.91 Å². The molecule has 1 fully saturated rings. The Morgan fingerprint density at radius 1 is 1.50 bits per heavy atom. The highest BCUT2D eigenvalue weighted by Crippen LogP contribution is 2.13. The van der Waals surface area contributed by atoms with Crippen LogP contribution in [0.15, 0.2) is 0 Å². The van der Waals surface area contributed by atoms with Crippen molar-refractivity contribution in [2.45, 2.75) is 18.9 Å². The van der Waals surface area contributed by atoms with E-state index in [-0.39, 0.29) is 17.9 Å². The molecule has 0 aromatic carbocycles. The Bertz CT molecular complexity index is 160. The Labute approximate surface area is 72.9 Å². The van der Waals surface area contributed by atoms with Crippen LogP contribution in [-0.4, -0.2) is 32.1 Å². The second kappa shape index (κ2) is 4.42. The summed E-state index contributed by atoms with van der Waals surface area (Å²) in [5, 5.41) is 6.38. The third kappa shape index (κ3) is 2.19. The van der Waals surface area contributed by atoms with Gasteiger partial charge in [-0.25, -0.2) is 0 Å². The molecule has 0 spiro atoms. The zero-order valence-corrected chi connectivity index (χ0v) is 7.47. The number of carbonyl (C=O) groups is 1. The first kappa shape index (κ1) is 9.48. The number of hydrogen-bond acceptors (Lipinski definition) is 3. The molecule has 1 rings (SSSR count). The van der Waals surface area contributed by atoms with Crippen LogP contribution in [0.2, 0.25) is 0 Å². The highest BCUT2D eigenvalue weighted by molar-refractivity contribution is 5.77. The number of hydrogen-bond donors (Lipinski definition) is 3. The molecule has 4 N–H and O–H groups in total. The van der Waals surface area contributed by atoms with Gasteiger partial charge in [-0.3, -0.25) is 4.79 Å². The number of primary amides is 1. The Morgan fingerprint density at radius 3 is 2.75 bits per heavy atom. The van der Waals surface area contributed by atoms with E-state index in [0.717, 1.165) is 25.9 Å². The molecule has 1 amide bonds. The second-order valence-corrected chi connectivity index (χ2v) is 3.23. The van der Waals surface area contributed by atoms with E-state index in [9.17, 15) is 4.79 Å². The molecule has 1 aliphatic rings. The van der Waals surface area contributed by atoms with E-state index in [1.807, 2.05) is 7.05 Å². The zero-order chi connectivity index (χ0) is 8.97. The van der Waals surface area contributed by atoms with E-state index >= 15 is 0 Å². The molecule has 70 valence electrons. The van der Waals surface area contributed by atoms with Gasteiger partial charge in [0.15, 0.2) is 0 Å². The molecule has 4 heteroatoms. The van der Waals surface area contributed by atoms with Gasteiger partial charge in [-0.1, -0.05) is 0 Å². The van der Waals surface area contributed by atoms with Crippen LogP contribution in [0, 0.1) is 5.92 Å². The van der Waals surface area contributed by atoms with Crippen LogP contribution in [0.1, 0.15) is 12.8 Å². The number of rotatable bonds is 2. The molecule has 0 aliphatic carbocycles. The van der Waals surface area contributed by atoms with Crippen LogP contribution >= 0.6 is 0 Å². The maximum absolute atomic E-state index is 11.0. The second-order valence-electron chi connectivity index (χ2n) is 3.23. The molecule has 1 aliphatic heterocycles. The normalized spacial score (nSPS) is 31.1. The van der Waals surface area contributed by atoms with Gasteiger partial charge in [0, 0.05) is 6.04 Å². The molecular weight excluding hydrogens is 154 g/mol. The summed E-state index contributed by atoms with van der Waals surface area (Å²) in [6.45, 7) is 1.86. The van der Waals surface area contributed by atoms with Gasteiger partial charge < -0.3 is 16.4 Å². The van der Waals surface area contributed by atoms with Crippen molar-refractivity contribution in [3.63, 3.8) is 0 Å². The summed E-state index contributed by atoms with van der Waals surface area (Å²) in [4.78, 5) is 11.0. The minimum atomic E-state index is -0.182. The van der Waals surface area contributed by atoms with Crippen LogP contribution in [0.25, 0.3) is 0 Å². The van der Waals surface area contributed by atoms with Crippen molar-refractivity contribution in [3.8, 4) is 0 Å². The average molecular weight is 171 g/mol. The summed E-state index contributed by atoms with van der Waals surface area (Å²) < 4.78 is 0. The van der Waals surface area contributed by atoms with Crippen LogP contribution in [0.3, 0.4) is 0 Å². The summed E-state index contributed by atoms with van der Waals surface area (Å²) in [6.07, 6.45) is 1.82. The molecule has 0 aromatic heterocycles. The first-order chi connectivity index (χ1) is 5.75. The van der Waals surface area contributed by atoms with E-state index in [1.165, 1.54) is 0 Å². The topological polar surface area (TPSA) is 67.2 Å². The summed E-state index contributed by atoms with van der Waals surface area (Å²) in [5.74, 6) is -0.192. The number of nitrogens with one attached hydrogen (secondary N) is 2. The van der Waals surface area contributed by atoms with Crippen molar-refractivity contribution in [1.29, 1.82) is 0 Å². The lowest BCUT2D eigenvalue weighted by atomic mass is 9.94. The third-order valence-corrected chi connectivity index (χ3v) is 2.49. The Hall–Kier alpha value is -0.610. The lowest BCUT2D eigenvalue weighted by molar-refractivity contribution is -0.122. The fourth-order valence-electron chi connectivity index (χ4n) is 1.73. The average Bonchev–Trinajstić information content (AvgIpc) is 2.27. The van der Waals surface area contributed by atoms with Gasteiger partial charge in [0.05, 0.1) is 5.92 Å². The minimum absolute atomic E-state index is 0.00926. The van der Waals surface area contributed by atoms with Crippen LogP contribution in [-0.2, 0) is 4.79 Å². The number of amides is 1. The van der Waals surface area contributed by atoms with E-state index in [2.05, 4.69) is 10.6 Å². The van der Waals surface area contributed by atoms with Crippen LogP contribution in [0.4, 0.5) is 0 Å². The molecule has 0 radical (unpaired) electrons. The molecule has 0 bridgehead atoms. The summed E-state index contributed by atoms with van der Waals surface area (Å²) >= 11 is 0. The quantitative estimate of drug-likeness (QED) is 0.502. The van der Waals surface area contributed by atoms with E-state index < -0.39 is 0 Å². The molecule has 1 heterocycles. The van der Waals surface area contributed by atoms with Crippen molar-refractivity contribution >= 4 is 5.91 Å². The Kier molecular flexibility index (Phi) is 3.49. The number of carbonyl (C=O) groups excluding carboxylic acids is 1. The highest BCUT2D eigenvalue weighted by Gasteiger charge is 2.26. The number of nitrogens with two attached hydrogens (primary N) is 1. The van der Waals surface area contributed by atoms with Crippen molar-refractivity contribution in [2.75, 3.05) is 20.1 Å². The molecule has 2 atom stereocenters. The van der Waals surface area contributed by atoms with Gasteiger partial charge in [-0.2, -0.15) is 0 Å². The molecule has 12 heavy (non-hydrogen) atoms. The fraction of sp³-hybridized carbons (Fsp3) is 0.875. The molecular formula is C8H17N3O. The summed E-state index contributed by atoms with van der Waals surface area (Å²) in [6, 6.07) is 0.248. The lowest BCUT2D eigenvalue weighted by Gasteiger charge is -2.20. The first-order valence-electron chi connectivity index (χ1n) is 4.43. The SMILES string of the molecule is CNC1CCNCCC1C(N)=O. The van der Waals surface area contributed by atoms with Gasteiger partial charge in [0.1, 0.15) is 0 Å². The van der Waals surface area contributed by atoms with Crippen LogP contribution < -0.4 is 16.4 Å². The monoisotopic (exact) mass is 171 g/mol. The Balaban J connectivity index is 2.57. The van der Waals surface area contributed by atoms with Crippen molar-refractivity contribution < 1.29 is 4.79 Å². The third-order valence-electron chi connectivity index (χ3n) is 2.49. The fourth-order valence-corrected chi connectivity index (χ4v) is 1.73. The molecule has 0 saturated carbocycles. The standard InChI is InChI=1S/C8H17N3O/c1-10-7-3-5-11-4-2-6(7)8(9)12/h6-7,10-11H,2-5H2,1H3,(H2,9,12). The van der Waals surface area contributed by atoms with Gasteiger partial charge in [-0.15, -0.1) is 0 Å². The minimum Gasteiger partial charge on any atom is -0.369 e. The Morgan fingerprint density at radius 2 is 2.17 bits per heavy atom. The largest absolute Gasteiger partial charge is 0.369 e. The van der Waals surface area contributed by atoms with Crippen LogP contribution in [0.5, 0.6) is 0 Å². The predicted octanol–water partition coefficient (Wildman–Crippen LogP) is -0.941. The maximum Gasteiger partial charge on any atom is 0.222 e. The predicted molar refractivity (Wildman–Crippen MR) is 47.6 cm³/mol. The van der Waals surface area contributed by atoms with Crippen molar-refractivity contribution in [1.82, 2.24) is 10.6 Å². The van der Waals surface area contributed by atoms with Gasteiger partial charge >= 0.3 is 0 Å². The molecule has 2 unspecified atom stereocenters. The van der Waals surface area contributed by atoms with Gasteiger partial charge in [-0.05, 0) is 33.0 Å². The van der Waals surface area contributed by atoms with E-state index in [4.69, 9.17) is 5.73 Å². The summed E-state index contributed by atoms with van der Waals surface area (Å²) in [5.41, 5.74) is 5.30. The molecule has 1 saturated heterocycles. The first-order valence-corrected chi connectivity index (χ1v) is 4.43. The highest BCUT2D eigenvalue weighted by atomic mass is 16.1. The van der Waals surface area contributed by atoms with E-state index in [1.54, 1.807) is 0 Å². The maximum atomic E-state index is 11.0. The smallest absolute Gasteiger partial charge is 0.222 e.